The predicted octanol–water partition coefficient (Wildman–Crippen LogP) is 2.56. The molecule has 0 saturated carbocycles. The van der Waals surface area contributed by atoms with Crippen molar-refractivity contribution in [2.45, 2.75) is 6.92 Å². The van der Waals surface area contributed by atoms with Crippen molar-refractivity contribution in [1.29, 1.82) is 0 Å². The van der Waals surface area contributed by atoms with E-state index < -0.39 is 5.97 Å². The molecule has 0 spiro atoms. The summed E-state index contributed by atoms with van der Waals surface area (Å²) in [5.41, 5.74) is 0.972. The van der Waals surface area contributed by atoms with E-state index in [9.17, 15) is 9.59 Å². The monoisotopic (exact) mass is 263 g/mol. The fourth-order valence-corrected chi connectivity index (χ4v) is 1.59. The topological polar surface area (TPSA) is 59.2 Å². The standard InChI is InChI=1S/C13H10ClNO3/c1-8-3-2-4-9(5-8)13(17)18-11-6-12(16)15-7-10(11)14/h2-7H,1H3,(H,15,16). The zero-order chi connectivity index (χ0) is 13.1. The number of halogens is 1. The molecule has 1 aromatic heterocycles. The van der Waals surface area contributed by atoms with E-state index in [1.165, 1.54) is 6.20 Å². The summed E-state index contributed by atoms with van der Waals surface area (Å²) in [4.78, 5) is 25.3. The Morgan fingerprint density at radius 2 is 2.11 bits per heavy atom. The first-order valence-corrected chi connectivity index (χ1v) is 5.61. The predicted molar refractivity (Wildman–Crippen MR) is 68.2 cm³/mol. The molecule has 0 unspecified atom stereocenters. The van der Waals surface area contributed by atoms with Gasteiger partial charge in [-0.3, -0.25) is 4.79 Å². The highest BCUT2D eigenvalue weighted by molar-refractivity contribution is 6.32. The minimum absolute atomic E-state index is 0.0481. The molecule has 0 amide bonds. The van der Waals surface area contributed by atoms with Gasteiger partial charge in [-0.15, -0.1) is 0 Å². The molecule has 0 aliphatic carbocycles. The van der Waals surface area contributed by atoms with Crippen molar-refractivity contribution in [2.75, 3.05) is 0 Å². The van der Waals surface area contributed by atoms with Gasteiger partial charge >= 0.3 is 5.97 Å². The van der Waals surface area contributed by atoms with Gasteiger partial charge in [-0.05, 0) is 19.1 Å². The number of hydrogen-bond acceptors (Lipinski definition) is 3. The van der Waals surface area contributed by atoms with Gasteiger partial charge in [0.2, 0.25) is 0 Å². The normalized spacial score (nSPS) is 10.1. The zero-order valence-electron chi connectivity index (χ0n) is 9.57. The number of aryl methyl sites for hydroxylation is 1. The van der Waals surface area contributed by atoms with Gasteiger partial charge in [0.05, 0.1) is 10.6 Å². The average Bonchev–Trinajstić information content (AvgIpc) is 2.34. The molecule has 18 heavy (non-hydrogen) atoms. The van der Waals surface area contributed by atoms with E-state index in [0.29, 0.717) is 5.56 Å². The molecule has 0 atom stereocenters. The molecule has 1 heterocycles. The van der Waals surface area contributed by atoms with E-state index in [-0.39, 0.29) is 16.3 Å². The summed E-state index contributed by atoms with van der Waals surface area (Å²) in [6.07, 6.45) is 1.28. The Bertz CT molecular complexity index is 649. The van der Waals surface area contributed by atoms with Crippen molar-refractivity contribution in [3.05, 3.63) is 63.0 Å². The maximum absolute atomic E-state index is 11.8. The fraction of sp³-hybridized carbons (Fsp3) is 0.0769. The molecule has 92 valence electrons. The van der Waals surface area contributed by atoms with Gasteiger partial charge in [-0.25, -0.2) is 4.79 Å². The first-order chi connectivity index (χ1) is 8.56. The van der Waals surface area contributed by atoms with Gasteiger partial charge in [0.25, 0.3) is 5.56 Å². The molecule has 2 rings (SSSR count). The Balaban J connectivity index is 2.26. The number of H-pyrrole nitrogens is 1. The van der Waals surface area contributed by atoms with Gasteiger partial charge in [-0.2, -0.15) is 0 Å². The molecule has 2 aromatic rings. The highest BCUT2D eigenvalue weighted by Gasteiger charge is 2.11. The van der Waals surface area contributed by atoms with Crippen LogP contribution in [0, 0.1) is 6.92 Å². The fourth-order valence-electron chi connectivity index (χ4n) is 1.44. The minimum Gasteiger partial charge on any atom is -0.421 e. The molecule has 0 saturated heterocycles. The van der Waals surface area contributed by atoms with E-state index >= 15 is 0 Å². The molecule has 0 radical (unpaired) electrons. The number of benzene rings is 1. The van der Waals surface area contributed by atoms with Crippen LogP contribution in [0.3, 0.4) is 0 Å². The summed E-state index contributed by atoms with van der Waals surface area (Å²) in [5, 5.41) is 0.176. The summed E-state index contributed by atoms with van der Waals surface area (Å²) < 4.78 is 5.08. The lowest BCUT2D eigenvalue weighted by Gasteiger charge is -2.05. The SMILES string of the molecule is Cc1cccc(C(=O)Oc2cc(=O)[nH]cc2Cl)c1. The number of pyridine rings is 1. The van der Waals surface area contributed by atoms with Crippen molar-refractivity contribution in [2.24, 2.45) is 0 Å². The van der Waals surface area contributed by atoms with Gasteiger partial charge in [0.1, 0.15) is 0 Å². The maximum Gasteiger partial charge on any atom is 0.343 e. The van der Waals surface area contributed by atoms with Crippen LogP contribution in [0.5, 0.6) is 5.75 Å². The van der Waals surface area contributed by atoms with Crippen LogP contribution in [0.2, 0.25) is 5.02 Å². The van der Waals surface area contributed by atoms with Crippen LogP contribution in [0.25, 0.3) is 0 Å². The van der Waals surface area contributed by atoms with Crippen LogP contribution >= 0.6 is 11.6 Å². The third kappa shape index (κ3) is 2.78. The van der Waals surface area contributed by atoms with Crippen LogP contribution < -0.4 is 10.3 Å². The minimum atomic E-state index is -0.550. The molecule has 4 nitrogen and oxygen atoms in total. The molecule has 1 aromatic carbocycles. The highest BCUT2D eigenvalue weighted by Crippen LogP contribution is 2.21. The van der Waals surface area contributed by atoms with Gasteiger partial charge < -0.3 is 9.72 Å². The quantitative estimate of drug-likeness (QED) is 0.847. The van der Waals surface area contributed by atoms with Gasteiger partial charge in [0, 0.05) is 12.3 Å². The Labute approximate surface area is 108 Å². The van der Waals surface area contributed by atoms with E-state index in [4.69, 9.17) is 16.3 Å². The summed E-state index contributed by atoms with van der Waals surface area (Å²) in [5.74, 6) is -0.502. The number of aromatic nitrogens is 1. The lowest BCUT2D eigenvalue weighted by atomic mass is 10.1. The third-order valence-electron chi connectivity index (χ3n) is 2.30. The lowest BCUT2D eigenvalue weighted by Crippen LogP contribution is -2.12. The van der Waals surface area contributed by atoms with Crippen LogP contribution in [-0.4, -0.2) is 11.0 Å². The van der Waals surface area contributed by atoms with Gasteiger partial charge in [0.15, 0.2) is 5.75 Å². The van der Waals surface area contributed by atoms with E-state index in [1.807, 2.05) is 13.0 Å². The van der Waals surface area contributed by atoms with Crippen molar-refractivity contribution < 1.29 is 9.53 Å². The molecule has 5 heteroatoms. The third-order valence-corrected chi connectivity index (χ3v) is 2.59. The Morgan fingerprint density at radius 3 is 2.83 bits per heavy atom. The van der Waals surface area contributed by atoms with Crippen molar-refractivity contribution in [1.82, 2.24) is 4.98 Å². The van der Waals surface area contributed by atoms with Crippen molar-refractivity contribution >= 4 is 17.6 Å². The molecule has 1 N–H and O–H groups in total. The number of aromatic amines is 1. The molecular formula is C13H10ClNO3. The molecule has 0 bridgehead atoms. The first kappa shape index (κ1) is 12.4. The molecule has 0 aliphatic rings. The molecule has 0 aliphatic heterocycles. The lowest BCUT2D eigenvalue weighted by molar-refractivity contribution is 0.0734. The smallest absolute Gasteiger partial charge is 0.343 e. The molecular weight excluding hydrogens is 254 g/mol. The molecule has 0 fully saturated rings. The number of carbonyl (C=O) groups is 1. The number of esters is 1. The first-order valence-electron chi connectivity index (χ1n) is 5.23. The summed E-state index contributed by atoms with van der Waals surface area (Å²) in [6.45, 7) is 1.87. The number of hydrogen-bond donors (Lipinski definition) is 1. The van der Waals surface area contributed by atoms with Crippen LogP contribution in [0.15, 0.2) is 41.3 Å². The van der Waals surface area contributed by atoms with Crippen molar-refractivity contribution in [3.8, 4) is 5.75 Å². The van der Waals surface area contributed by atoms with E-state index in [2.05, 4.69) is 4.98 Å². The number of ether oxygens (including phenoxy) is 1. The summed E-state index contributed by atoms with van der Waals surface area (Å²) in [6, 6.07) is 8.10. The van der Waals surface area contributed by atoms with Gasteiger partial charge in [-0.1, -0.05) is 29.3 Å². The Morgan fingerprint density at radius 1 is 1.33 bits per heavy atom. The average molecular weight is 264 g/mol. The summed E-state index contributed by atoms with van der Waals surface area (Å²) >= 11 is 5.81. The van der Waals surface area contributed by atoms with Crippen molar-refractivity contribution in [3.63, 3.8) is 0 Å². The maximum atomic E-state index is 11.8. The Kier molecular flexibility index (Phi) is 3.48. The number of carbonyl (C=O) groups excluding carboxylic acids is 1. The highest BCUT2D eigenvalue weighted by atomic mass is 35.5. The second kappa shape index (κ2) is 5.06. The van der Waals surface area contributed by atoms with Crippen LogP contribution in [0.4, 0.5) is 0 Å². The van der Waals surface area contributed by atoms with E-state index in [0.717, 1.165) is 11.6 Å². The Hall–Kier alpha value is -2.07. The largest absolute Gasteiger partial charge is 0.421 e. The van der Waals surface area contributed by atoms with Crippen LogP contribution in [0.1, 0.15) is 15.9 Å². The van der Waals surface area contributed by atoms with E-state index in [1.54, 1.807) is 18.2 Å². The second-order valence-electron chi connectivity index (χ2n) is 3.77. The second-order valence-corrected chi connectivity index (χ2v) is 4.18. The zero-order valence-corrected chi connectivity index (χ0v) is 10.3. The number of nitrogens with one attached hydrogen (secondary N) is 1. The summed E-state index contributed by atoms with van der Waals surface area (Å²) in [7, 11) is 0. The van der Waals surface area contributed by atoms with Crippen LogP contribution in [-0.2, 0) is 0 Å². The number of rotatable bonds is 2.